The molecule has 0 heterocycles. The van der Waals surface area contributed by atoms with Gasteiger partial charge in [-0.25, -0.2) is 13.2 Å². The van der Waals surface area contributed by atoms with Gasteiger partial charge in [-0.2, -0.15) is 4.72 Å². The van der Waals surface area contributed by atoms with Crippen molar-refractivity contribution in [2.24, 2.45) is 0 Å². The molecule has 3 N–H and O–H groups in total. The van der Waals surface area contributed by atoms with Crippen molar-refractivity contribution in [1.82, 2.24) is 10.0 Å². The van der Waals surface area contributed by atoms with Crippen molar-refractivity contribution in [2.75, 3.05) is 7.11 Å². The van der Waals surface area contributed by atoms with Gasteiger partial charge in [0.25, 0.3) is 0 Å². The Morgan fingerprint density at radius 2 is 1.68 bits per heavy atom. The summed E-state index contributed by atoms with van der Waals surface area (Å²) < 4.78 is 45.7. The van der Waals surface area contributed by atoms with Crippen LogP contribution in [0, 0.1) is 0 Å². The number of benzene rings is 2. The first-order chi connectivity index (χ1) is 17.5. The van der Waals surface area contributed by atoms with E-state index >= 15 is 0 Å². The van der Waals surface area contributed by atoms with E-state index < -0.39 is 40.1 Å². The molecule has 10 heteroatoms. The lowest BCUT2D eigenvalue weighted by molar-refractivity contribution is -0.0905. The Morgan fingerprint density at radius 1 is 1.05 bits per heavy atom. The number of alkyl carbamates (subject to hydrolysis) is 1. The average molecular weight is 535 g/mol. The number of carbonyl (C=O) groups is 1. The minimum absolute atomic E-state index is 0.000216. The Hall–Kier alpha value is -2.66. The molecule has 0 saturated heterocycles. The Kier molecular flexibility index (Phi) is 9.94. The van der Waals surface area contributed by atoms with Crippen LogP contribution in [-0.4, -0.2) is 56.8 Å². The van der Waals surface area contributed by atoms with Crippen LogP contribution >= 0.6 is 0 Å². The summed E-state index contributed by atoms with van der Waals surface area (Å²) in [4.78, 5) is 12.7. The molecule has 1 amide bonds. The lowest BCUT2D eigenvalue weighted by Crippen LogP contribution is -2.57. The summed E-state index contributed by atoms with van der Waals surface area (Å²) in [5.74, 6) is 0.516. The van der Waals surface area contributed by atoms with Crippen molar-refractivity contribution >= 4 is 16.1 Å². The van der Waals surface area contributed by atoms with Crippen LogP contribution in [0.25, 0.3) is 0 Å². The van der Waals surface area contributed by atoms with Gasteiger partial charge in [0.05, 0.1) is 24.2 Å². The molecular formula is C27H38N2O7S. The quantitative estimate of drug-likeness (QED) is 0.375. The van der Waals surface area contributed by atoms with Gasteiger partial charge in [-0.1, -0.05) is 43.2 Å². The molecule has 37 heavy (non-hydrogen) atoms. The van der Waals surface area contributed by atoms with Crippen LogP contribution in [0.1, 0.15) is 52.0 Å². The third kappa shape index (κ3) is 8.99. The van der Waals surface area contributed by atoms with Gasteiger partial charge in [0.15, 0.2) is 0 Å². The van der Waals surface area contributed by atoms with Crippen LogP contribution in [0.5, 0.6) is 5.75 Å². The fourth-order valence-electron chi connectivity index (χ4n) is 4.18. The van der Waals surface area contributed by atoms with Gasteiger partial charge in [-0.3, -0.25) is 0 Å². The van der Waals surface area contributed by atoms with Gasteiger partial charge >= 0.3 is 6.09 Å². The van der Waals surface area contributed by atoms with E-state index in [2.05, 4.69) is 10.0 Å². The zero-order valence-electron chi connectivity index (χ0n) is 21.8. The Labute approximate surface area is 219 Å². The second-order valence-corrected chi connectivity index (χ2v) is 11.9. The van der Waals surface area contributed by atoms with E-state index in [4.69, 9.17) is 14.2 Å². The molecule has 9 nitrogen and oxygen atoms in total. The number of methoxy groups -OCH3 is 1. The topological polar surface area (TPSA) is 123 Å². The Morgan fingerprint density at radius 3 is 2.24 bits per heavy atom. The zero-order chi connectivity index (χ0) is 27.1. The lowest BCUT2D eigenvalue weighted by Gasteiger charge is -2.33. The summed E-state index contributed by atoms with van der Waals surface area (Å²) in [6.07, 6.45) is 0.0234. The minimum Gasteiger partial charge on any atom is -0.497 e. The zero-order valence-corrected chi connectivity index (χ0v) is 22.7. The molecule has 1 unspecified atom stereocenters. The number of hydrogen-bond donors (Lipinski definition) is 3. The molecule has 3 atom stereocenters. The Balaban J connectivity index is 1.88. The predicted octanol–water partition coefficient (Wildman–Crippen LogP) is 3.76. The molecule has 204 valence electrons. The second-order valence-electron chi connectivity index (χ2n) is 10.2. The van der Waals surface area contributed by atoms with E-state index in [0.29, 0.717) is 5.75 Å². The molecule has 0 spiro atoms. The van der Waals surface area contributed by atoms with Gasteiger partial charge in [-0.15, -0.1) is 0 Å². The summed E-state index contributed by atoms with van der Waals surface area (Å²) in [6, 6.07) is 14.3. The van der Waals surface area contributed by atoms with Crippen LogP contribution in [0.4, 0.5) is 4.79 Å². The lowest BCUT2D eigenvalue weighted by atomic mass is 10.0. The number of ether oxygens (including phenoxy) is 3. The van der Waals surface area contributed by atoms with Gasteiger partial charge in [-0.05, 0) is 69.9 Å². The SMILES string of the molecule is COc1ccc(S(=O)(=O)NC(OC2CCCC2)[C@H](O)[C@H](Cc2ccccc2)NC(=O)OC(C)(C)C)cc1. The normalized spacial score (nSPS) is 17.1. The highest BCUT2D eigenvalue weighted by atomic mass is 32.2. The standard InChI is InChI=1S/C27H38N2O7S/c1-27(2,3)36-26(31)28-23(18-19-10-6-5-7-11-19)24(30)25(35-21-12-8-9-13-21)29-37(32,33)22-16-14-20(34-4)15-17-22/h5-7,10-11,14-17,21,23-25,29-30H,8-9,12-13,18H2,1-4H3,(H,28,31)/t23-,24+,25?/m0/s1. The second kappa shape index (κ2) is 12.7. The highest BCUT2D eigenvalue weighted by Gasteiger charge is 2.36. The maximum absolute atomic E-state index is 13.3. The summed E-state index contributed by atoms with van der Waals surface area (Å²) in [6.45, 7) is 5.22. The van der Waals surface area contributed by atoms with E-state index in [1.807, 2.05) is 30.3 Å². The number of aliphatic hydroxyl groups is 1. The molecule has 2 aromatic rings. The highest BCUT2D eigenvalue weighted by molar-refractivity contribution is 7.89. The van der Waals surface area contributed by atoms with Crippen LogP contribution < -0.4 is 14.8 Å². The molecule has 0 bridgehead atoms. The van der Waals surface area contributed by atoms with Gasteiger partial charge in [0.2, 0.25) is 10.0 Å². The van der Waals surface area contributed by atoms with E-state index in [9.17, 15) is 18.3 Å². The molecular weight excluding hydrogens is 496 g/mol. The summed E-state index contributed by atoms with van der Waals surface area (Å²) in [5, 5.41) is 14.2. The van der Waals surface area contributed by atoms with Crippen LogP contribution in [0.15, 0.2) is 59.5 Å². The maximum atomic E-state index is 13.3. The third-order valence-corrected chi connectivity index (χ3v) is 7.44. The fourth-order valence-corrected chi connectivity index (χ4v) is 5.31. The van der Waals surface area contributed by atoms with E-state index in [1.54, 1.807) is 32.9 Å². The summed E-state index contributed by atoms with van der Waals surface area (Å²) in [5.41, 5.74) is 0.0995. The number of sulfonamides is 1. The number of hydrogen-bond acceptors (Lipinski definition) is 7. The summed E-state index contributed by atoms with van der Waals surface area (Å²) >= 11 is 0. The molecule has 1 aliphatic rings. The third-order valence-electron chi connectivity index (χ3n) is 6.01. The van der Waals surface area contributed by atoms with Crippen LogP contribution in [0.2, 0.25) is 0 Å². The molecule has 2 aromatic carbocycles. The first kappa shape index (κ1) is 28.9. The molecule has 1 fully saturated rings. The van der Waals surface area contributed by atoms with E-state index in [0.717, 1.165) is 31.2 Å². The molecule has 0 radical (unpaired) electrons. The fraction of sp³-hybridized carbons (Fsp3) is 0.519. The van der Waals surface area contributed by atoms with Crippen molar-refractivity contribution < 1.29 is 32.5 Å². The molecule has 1 aliphatic carbocycles. The first-order valence-electron chi connectivity index (χ1n) is 12.5. The molecule has 0 aliphatic heterocycles. The monoisotopic (exact) mass is 534 g/mol. The van der Waals surface area contributed by atoms with Crippen molar-refractivity contribution in [3.05, 3.63) is 60.2 Å². The number of nitrogens with one attached hydrogen (secondary N) is 2. The molecule has 0 aromatic heterocycles. The number of aliphatic hydroxyl groups excluding tert-OH is 1. The van der Waals surface area contributed by atoms with Gasteiger partial charge in [0, 0.05) is 0 Å². The van der Waals surface area contributed by atoms with E-state index in [1.165, 1.54) is 19.2 Å². The van der Waals surface area contributed by atoms with Crippen molar-refractivity contribution in [2.45, 2.75) is 87.8 Å². The maximum Gasteiger partial charge on any atom is 0.407 e. The highest BCUT2D eigenvalue weighted by Crippen LogP contribution is 2.25. The van der Waals surface area contributed by atoms with E-state index in [-0.39, 0.29) is 17.4 Å². The smallest absolute Gasteiger partial charge is 0.407 e. The number of rotatable bonds is 11. The predicted molar refractivity (Wildman–Crippen MR) is 140 cm³/mol. The largest absolute Gasteiger partial charge is 0.497 e. The molecule has 3 rings (SSSR count). The Bertz CT molecular complexity index is 1100. The average Bonchev–Trinajstić information content (AvgIpc) is 3.35. The van der Waals surface area contributed by atoms with Crippen LogP contribution in [-0.2, 0) is 25.9 Å². The minimum atomic E-state index is -4.07. The van der Waals surface area contributed by atoms with Gasteiger partial charge in [0.1, 0.15) is 23.7 Å². The van der Waals surface area contributed by atoms with Gasteiger partial charge < -0.3 is 24.6 Å². The van der Waals surface area contributed by atoms with Crippen molar-refractivity contribution in [1.29, 1.82) is 0 Å². The molecule has 1 saturated carbocycles. The first-order valence-corrected chi connectivity index (χ1v) is 14.0. The van der Waals surface area contributed by atoms with Crippen molar-refractivity contribution in [3.63, 3.8) is 0 Å². The van der Waals surface area contributed by atoms with Crippen LogP contribution in [0.3, 0.4) is 0 Å². The summed E-state index contributed by atoms with van der Waals surface area (Å²) in [7, 11) is -2.58. The number of carbonyl (C=O) groups excluding carboxylic acids is 1. The number of amides is 1. The van der Waals surface area contributed by atoms with Crippen molar-refractivity contribution in [3.8, 4) is 5.75 Å².